The Balaban J connectivity index is 1.73. The number of ether oxygens (including phenoxy) is 1. The van der Waals surface area contributed by atoms with E-state index in [4.69, 9.17) is 4.74 Å². The second-order valence-electron chi connectivity index (χ2n) is 7.15. The van der Waals surface area contributed by atoms with Crippen molar-refractivity contribution in [3.05, 3.63) is 59.7 Å². The Morgan fingerprint density at radius 3 is 2.68 bits per heavy atom. The van der Waals surface area contributed by atoms with E-state index < -0.39 is 0 Å². The van der Waals surface area contributed by atoms with E-state index in [1.807, 2.05) is 42.2 Å². The first kappa shape index (κ1) is 20.4. The number of fused-ring (bicyclic) bond motifs is 1. The molecule has 1 N–H and O–H groups in total. The van der Waals surface area contributed by atoms with Crippen LogP contribution in [0.5, 0.6) is 5.75 Å². The number of hydrogen-bond acceptors (Lipinski definition) is 4. The summed E-state index contributed by atoms with van der Waals surface area (Å²) in [5.74, 6) is 1.06. The molecule has 3 rings (SSSR count). The van der Waals surface area contributed by atoms with Crippen molar-refractivity contribution in [2.24, 2.45) is 0 Å². The molecule has 0 atom stereocenters. The summed E-state index contributed by atoms with van der Waals surface area (Å²) in [5, 5.41) is 3.54. The van der Waals surface area contributed by atoms with Crippen LogP contribution >= 0.6 is 0 Å². The maximum absolute atomic E-state index is 12.3. The van der Waals surface area contributed by atoms with Crippen LogP contribution in [0.3, 0.4) is 0 Å². The van der Waals surface area contributed by atoms with Gasteiger partial charge in [0, 0.05) is 57.4 Å². The highest BCUT2D eigenvalue weighted by molar-refractivity contribution is 5.92. The molecule has 0 fully saturated rings. The topological polar surface area (TPSA) is 44.8 Å². The van der Waals surface area contributed by atoms with Crippen molar-refractivity contribution in [2.45, 2.75) is 33.4 Å². The molecule has 2 aromatic carbocycles. The SMILES string of the molecule is CCOc1ccccc1CN1CCCN(C(C)=O)c2ccccc2CNCC1. The fourth-order valence-electron chi connectivity index (χ4n) is 3.73. The third kappa shape index (κ3) is 5.33. The molecule has 1 aliphatic rings. The van der Waals surface area contributed by atoms with Gasteiger partial charge in [0.25, 0.3) is 0 Å². The van der Waals surface area contributed by atoms with E-state index in [1.165, 1.54) is 11.1 Å². The molecule has 1 heterocycles. The molecule has 150 valence electrons. The lowest BCUT2D eigenvalue weighted by molar-refractivity contribution is -0.116. The lowest BCUT2D eigenvalue weighted by Crippen LogP contribution is -2.34. The van der Waals surface area contributed by atoms with Crippen LogP contribution < -0.4 is 15.0 Å². The van der Waals surface area contributed by atoms with Crippen LogP contribution in [0.15, 0.2) is 48.5 Å². The van der Waals surface area contributed by atoms with Crippen LogP contribution in [0.4, 0.5) is 5.69 Å². The zero-order valence-electron chi connectivity index (χ0n) is 17.0. The van der Waals surface area contributed by atoms with Crippen LogP contribution in [0.1, 0.15) is 31.4 Å². The lowest BCUT2D eigenvalue weighted by atomic mass is 10.1. The molecule has 28 heavy (non-hydrogen) atoms. The van der Waals surface area contributed by atoms with Crippen LogP contribution in [-0.2, 0) is 17.9 Å². The average Bonchev–Trinajstić information content (AvgIpc) is 2.73. The standard InChI is InChI=1S/C23H31N3O2/c1-3-28-23-12-7-5-10-21(23)18-25-14-8-15-26(19(2)27)22-11-6-4-9-20(22)17-24-13-16-25/h4-7,9-12,24H,3,8,13-18H2,1-2H3. The van der Waals surface area contributed by atoms with Gasteiger partial charge < -0.3 is 15.0 Å². The zero-order chi connectivity index (χ0) is 19.8. The number of para-hydroxylation sites is 2. The molecule has 0 bridgehead atoms. The molecule has 2 aromatic rings. The molecule has 0 radical (unpaired) electrons. The number of hydrogen-bond donors (Lipinski definition) is 1. The van der Waals surface area contributed by atoms with Gasteiger partial charge >= 0.3 is 0 Å². The first-order valence-corrected chi connectivity index (χ1v) is 10.2. The zero-order valence-corrected chi connectivity index (χ0v) is 17.0. The van der Waals surface area contributed by atoms with Gasteiger partial charge in [-0.2, -0.15) is 0 Å². The third-order valence-corrected chi connectivity index (χ3v) is 5.11. The number of nitrogens with one attached hydrogen (secondary N) is 1. The van der Waals surface area contributed by atoms with Gasteiger partial charge in [0.2, 0.25) is 5.91 Å². The Morgan fingerprint density at radius 1 is 1.07 bits per heavy atom. The summed E-state index contributed by atoms with van der Waals surface area (Å²) in [6.07, 6.45) is 0.935. The minimum absolute atomic E-state index is 0.0972. The summed E-state index contributed by atoms with van der Waals surface area (Å²) in [4.78, 5) is 16.6. The average molecular weight is 382 g/mol. The maximum Gasteiger partial charge on any atom is 0.223 e. The van der Waals surface area contributed by atoms with Crippen LogP contribution in [0.2, 0.25) is 0 Å². The Morgan fingerprint density at radius 2 is 1.86 bits per heavy atom. The van der Waals surface area contributed by atoms with Gasteiger partial charge in [-0.05, 0) is 31.0 Å². The van der Waals surface area contributed by atoms with E-state index in [2.05, 4.69) is 28.4 Å². The monoisotopic (exact) mass is 381 g/mol. The summed E-state index contributed by atoms with van der Waals surface area (Å²) < 4.78 is 5.79. The lowest BCUT2D eigenvalue weighted by Gasteiger charge is -2.26. The summed E-state index contributed by atoms with van der Waals surface area (Å²) in [7, 11) is 0. The van der Waals surface area contributed by atoms with Gasteiger partial charge in [0.05, 0.1) is 6.61 Å². The van der Waals surface area contributed by atoms with Gasteiger partial charge in [0.15, 0.2) is 0 Å². The normalized spacial score (nSPS) is 16.1. The first-order chi connectivity index (χ1) is 13.7. The van der Waals surface area contributed by atoms with Crippen LogP contribution in [0, 0.1) is 0 Å². The number of rotatable bonds is 4. The first-order valence-electron chi connectivity index (χ1n) is 10.2. The van der Waals surface area contributed by atoms with Gasteiger partial charge in [-0.1, -0.05) is 36.4 Å². The van der Waals surface area contributed by atoms with Crippen molar-refractivity contribution in [1.29, 1.82) is 0 Å². The van der Waals surface area contributed by atoms with E-state index in [9.17, 15) is 4.79 Å². The second kappa shape index (κ2) is 10.2. The minimum atomic E-state index is 0.0972. The van der Waals surface area contributed by atoms with Crippen LogP contribution in [0.25, 0.3) is 0 Å². The van der Waals surface area contributed by atoms with E-state index in [0.717, 1.165) is 57.1 Å². The summed E-state index contributed by atoms with van der Waals surface area (Å²) in [6.45, 7) is 9.50. The third-order valence-electron chi connectivity index (χ3n) is 5.11. The molecule has 0 unspecified atom stereocenters. The molecule has 0 aromatic heterocycles. The predicted octanol–water partition coefficient (Wildman–Crippen LogP) is 3.43. The molecule has 1 amide bonds. The van der Waals surface area contributed by atoms with E-state index in [1.54, 1.807) is 6.92 Å². The molecule has 0 saturated heterocycles. The molecular weight excluding hydrogens is 350 g/mol. The van der Waals surface area contributed by atoms with Gasteiger partial charge in [-0.15, -0.1) is 0 Å². The van der Waals surface area contributed by atoms with Gasteiger partial charge in [-0.25, -0.2) is 0 Å². The number of amides is 1. The van der Waals surface area contributed by atoms with Crippen molar-refractivity contribution >= 4 is 11.6 Å². The Kier molecular flexibility index (Phi) is 7.46. The summed E-state index contributed by atoms with van der Waals surface area (Å²) in [5.41, 5.74) is 3.41. The van der Waals surface area contributed by atoms with Crippen molar-refractivity contribution in [3.8, 4) is 5.75 Å². The highest BCUT2D eigenvalue weighted by atomic mass is 16.5. The Labute approximate surface area is 168 Å². The highest BCUT2D eigenvalue weighted by Gasteiger charge is 2.17. The summed E-state index contributed by atoms with van der Waals surface area (Å²) >= 11 is 0. The van der Waals surface area contributed by atoms with Gasteiger partial charge in [-0.3, -0.25) is 9.69 Å². The molecule has 0 spiro atoms. The number of benzene rings is 2. The molecule has 0 aliphatic carbocycles. The second-order valence-corrected chi connectivity index (χ2v) is 7.15. The number of anilines is 1. The minimum Gasteiger partial charge on any atom is -0.494 e. The van der Waals surface area contributed by atoms with Gasteiger partial charge in [0.1, 0.15) is 5.75 Å². The molecule has 0 saturated carbocycles. The number of carbonyl (C=O) groups is 1. The smallest absolute Gasteiger partial charge is 0.223 e. The summed E-state index contributed by atoms with van der Waals surface area (Å²) in [6, 6.07) is 16.5. The maximum atomic E-state index is 12.3. The highest BCUT2D eigenvalue weighted by Crippen LogP contribution is 2.23. The van der Waals surface area contributed by atoms with Crippen molar-refractivity contribution in [1.82, 2.24) is 10.2 Å². The predicted molar refractivity (Wildman–Crippen MR) is 114 cm³/mol. The quantitative estimate of drug-likeness (QED) is 0.881. The molecule has 5 heteroatoms. The van der Waals surface area contributed by atoms with Crippen LogP contribution in [-0.4, -0.2) is 43.6 Å². The fraction of sp³-hybridized carbons (Fsp3) is 0.435. The van der Waals surface area contributed by atoms with E-state index in [0.29, 0.717) is 6.61 Å². The Bertz CT molecular complexity index is 778. The number of nitrogens with zero attached hydrogens (tertiary/aromatic N) is 2. The van der Waals surface area contributed by atoms with Crippen molar-refractivity contribution in [2.75, 3.05) is 37.7 Å². The van der Waals surface area contributed by atoms with E-state index >= 15 is 0 Å². The molecule has 5 nitrogen and oxygen atoms in total. The molecule has 1 aliphatic heterocycles. The Hall–Kier alpha value is -2.37. The fourth-order valence-corrected chi connectivity index (χ4v) is 3.73. The number of carbonyl (C=O) groups excluding carboxylic acids is 1. The van der Waals surface area contributed by atoms with Crippen molar-refractivity contribution < 1.29 is 9.53 Å². The van der Waals surface area contributed by atoms with Crippen molar-refractivity contribution in [3.63, 3.8) is 0 Å². The van der Waals surface area contributed by atoms with E-state index in [-0.39, 0.29) is 5.91 Å². The largest absolute Gasteiger partial charge is 0.494 e. The molecular formula is C23H31N3O2.